The first-order valence-corrected chi connectivity index (χ1v) is 14.2. The van der Waals surface area contributed by atoms with Crippen molar-refractivity contribution in [2.24, 2.45) is 4.99 Å². The zero-order chi connectivity index (χ0) is 28.1. The molecule has 10 heteroatoms. The van der Waals surface area contributed by atoms with Gasteiger partial charge in [0.1, 0.15) is 18.1 Å². The number of esters is 1. The summed E-state index contributed by atoms with van der Waals surface area (Å²) in [6, 6.07) is 16.7. The van der Waals surface area contributed by atoms with Gasteiger partial charge in [0, 0.05) is 39.0 Å². The maximum Gasteiger partial charge on any atom is 0.338 e. The number of nitrogens with zero attached hydrogens (tertiary/aromatic N) is 4. The van der Waals surface area contributed by atoms with Gasteiger partial charge >= 0.3 is 5.97 Å². The molecule has 0 radical (unpaired) electrons. The second kappa shape index (κ2) is 12.7. The van der Waals surface area contributed by atoms with E-state index in [9.17, 15) is 9.59 Å². The number of amidine groups is 1. The van der Waals surface area contributed by atoms with E-state index in [4.69, 9.17) is 19.2 Å². The van der Waals surface area contributed by atoms with Gasteiger partial charge < -0.3 is 28.9 Å². The quantitative estimate of drug-likeness (QED) is 0.328. The molecule has 1 saturated heterocycles. The van der Waals surface area contributed by atoms with E-state index in [1.807, 2.05) is 76.7 Å². The van der Waals surface area contributed by atoms with Crippen LogP contribution in [-0.4, -0.2) is 85.3 Å². The van der Waals surface area contributed by atoms with Crippen LogP contribution in [0.1, 0.15) is 24.9 Å². The van der Waals surface area contributed by atoms with Gasteiger partial charge in [0.15, 0.2) is 5.17 Å². The van der Waals surface area contributed by atoms with Crippen LogP contribution >= 0.6 is 11.8 Å². The van der Waals surface area contributed by atoms with Gasteiger partial charge in [-0.05, 0) is 49.2 Å². The molecule has 0 saturated carbocycles. The number of piperazine rings is 1. The van der Waals surface area contributed by atoms with Crippen LogP contribution in [0.15, 0.2) is 82.0 Å². The molecule has 0 aliphatic carbocycles. The third-order valence-corrected chi connectivity index (χ3v) is 7.97. The highest BCUT2D eigenvalue weighted by Crippen LogP contribution is 2.45. The molecule has 1 atom stereocenters. The van der Waals surface area contributed by atoms with Crippen LogP contribution in [-0.2, 0) is 19.1 Å². The molecule has 5 rings (SSSR count). The molecule has 1 unspecified atom stereocenters. The van der Waals surface area contributed by atoms with Crippen LogP contribution in [0.25, 0.3) is 0 Å². The number of rotatable bonds is 9. The number of carbonyl (C=O) groups is 2. The van der Waals surface area contributed by atoms with Crippen LogP contribution in [0, 0.1) is 0 Å². The number of aliphatic imine (C=N–C) groups is 1. The first kappa shape index (κ1) is 27.9. The average Bonchev–Trinajstić information content (AvgIpc) is 3.35. The smallest absolute Gasteiger partial charge is 0.338 e. The molecule has 3 aliphatic heterocycles. The zero-order valence-electron chi connectivity index (χ0n) is 23.0. The van der Waals surface area contributed by atoms with Gasteiger partial charge in [0.25, 0.3) is 0 Å². The highest BCUT2D eigenvalue weighted by atomic mass is 32.2. The Morgan fingerprint density at radius 1 is 1.00 bits per heavy atom. The van der Waals surface area contributed by atoms with Crippen molar-refractivity contribution in [2.45, 2.75) is 19.4 Å². The Labute approximate surface area is 239 Å². The molecule has 3 aliphatic rings. The van der Waals surface area contributed by atoms with Crippen LogP contribution in [0.4, 0.5) is 0 Å². The van der Waals surface area contributed by atoms with Crippen molar-refractivity contribution in [2.75, 3.05) is 53.6 Å². The SMILES string of the molecule is COCCOC(=O)C1=C(C)N=C2SC=C(CC(=O)N3CCN(C)CC3)N2C1c1cccc(Oc2ccccc2)c1. The minimum absolute atomic E-state index is 0.0663. The summed E-state index contributed by atoms with van der Waals surface area (Å²) in [5.41, 5.74) is 2.65. The van der Waals surface area contributed by atoms with E-state index in [1.54, 1.807) is 7.11 Å². The average molecular weight is 563 g/mol. The number of hydrogen-bond acceptors (Lipinski definition) is 9. The third kappa shape index (κ3) is 6.24. The second-order valence-corrected chi connectivity index (χ2v) is 10.7. The number of likely N-dealkylation sites (N-methyl/N-ethyl adjacent to an activating group) is 1. The Morgan fingerprint density at radius 3 is 2.50 bits per heavy atom. The standard InChI is InChI=1S/C30H34N4O5S/c1-21-27(29(36)38-17-16-37-3)28(22-8-7-11-25(18-22)39-24-9-5-4-6-10-24)34-23(20-40-30(34)31-21)19-26(35)33-14-12-32(2)13-15-33/h4-11,18,20,28H,12-17,19H2,1-3H3. The van der Waals surface area contributed by atoms with Crippen molar-refractivity contribution in [3.05, 3.63) is 82.5 Å². The fraction of sp³-hybridized carbons (Fsp3) is 0.367. The van der Waals surface area contributed by atoms with Gasteiger partial charge in [-0.2, -0.15) is 0 Å². The summed E-state index contributed by atoms with van der Waals surface area (Å²) >= 11 is 1.47. The number of hydrogen-bond donors (Lipinski definition) is 0. The van der Waals surface area contributed by atoms with Crippen LogP contribution in [0.5, 0.6) is 11.5 Å². The largest absolute Gasteiger partial charge is 0.460 e. The predicted molar refractivity (Wildman–Crippen MR) is 155 cm³/mol. The summed E-state index contributed by atoms with van der Waals surface area (Å²) in [7, 11) is 3.63. The van der Waals surface area contributed by atoms with E-state index in [-0.39, 0.29) is 18.9 Å². The number of thioether (sulfide) groups is 1. The molecule has 1 amide bonds. The first-order valence-electron chi connectivity index (χ1n) is 13.3. The minimum atomic E-state index is -0.539. The van der Waals surface area contributed by atoms with E-state index in [0.29, 0.717) is 42.5 Å². The molecule has 40 heavy (non-hydrogen) atoms. The van der Waals surface area contributed by atoms with Crippen molar-refractivity contribution in [3.63, 3.8) is 0 Å². The lowest BCUT2D eigenvalue weighted by Gasteiger charge is -2.37. The summed E-state index contributed by atoms with van der Waals surface area (Å²) in [6.07, 6.45) is 0.220. The lowest BCUT2D eigenvalue weighted by molar-refractivity contribution is -0.141. The predicted octanol–water partition coefficient (Wildman–Crippen LogP) is 4.41. The van der Waals surface area contributed by atoms with Crippen LogP contribution in [0.2, 0.25) is 0 Å². The lowest BCUT2D eigenvalue weighted by atomic mass is 9.93. The Morgan fingerprint density at radius 2 is 1.75 bits per heavy atom. The molecule has 1 fully saturated rings. The number of ether oxygens (including phenoxy) is 3. The highest BCUT2D eigenvalue weighted by Gasteiger charge is 2.41. The molecule has 3 heterocycles. The van der Waals surface area contributed by atoms with Crippen molar-refractivity contribution >= 4 is 28.8 Å². The fourth-order valence-corrected chi connectivity index (χ4v) is 5.90. The Bertz CT molecular complexity index is 1330. The van der Waals surface area contributed by atoms with E-state index >= 15 is 0 Å². The first-order chi connectivity index (χ1) is 19.4. The monoisotopic (exact) mass is 562 g/mol. The van der Waals surface area contributed by atoms with E-state index in [0.717, 1.165) is 29.5 Å². The molecule has 0 spiro atoms. The molecule has 210 valence electrons. The minimum Gasteiger partial charge on any atom is -0.460 e. The Kier molecular flexibility index (Phi) is 8.88. The number of benzene rings is 2. The molecular weight excluding hydrogens is 528 g/mol. The molecule has 0 bridgehead atoms. The van der Waals surface area contributed by atoms with Crippen LogP contribution < -0.4 is 4.74 Å². The highest BCUT2D eigenvalue weighted by molar-refractivity contribution is 8.16. The number of methoxy groups -OCH3 is 1. The number of allylic oxidation sites excluding steroid dienone is 1. The van der Waals surface area contributed by atoms with Gasteiger partial charge in [-0.15, -0.1) is 0 Å². The summed E-state index contributed by atoms with van der Waals surface area (Å²) in [6.45, 7) is 5.36. The molecule has 9 nitrogen and oxygen atoms in total. The summed E-state index contributed by atoms with van der Waals surface area (Å²) in [5, 5.41) is 2.70. The van der Waals surface area contributed by atoms with E-state index in [1.165, 1.54) is 11.8 Å². The molecular formula is C30H34N4O5S. The van der Waals surface area contributed by atoms with Gasteiger partial charge in [-0.25, -0.2) is 9.79 Å². The normalized spacial score (nSPS) is 19.2. The zero-order valence-corrected chi connectivity index (χ0v) is 23.9. The fourth-order valence-electron chi connectivity index (χ4n) is 4.94. The van der Waals surface area contributed by atoms with Crippen molar-refractivity contribution in [3.8, 4) is 11.5 Å². The summed E-state index contributed by atoms with van der Waals surface area (Å²) in [4.78, 5) is 37.7. The molecule has 0 N–H and O–H groups in total. The van der Waals surface area contributed by atoms with E-state index in [2.05, 4.69) is 11.9 Å². The van der Waals surface area contributed by atoms with Crippen molar-refractivity contribution in [1.29, 1.82) is 0 Å². The Balaban J connectivity index is 1.47. The van der Waals surface area contributed by atoms with Gasteiger partial charge in [-0.1, -0.05) is 42.1 Å². The Hall–Kier alpha value is -3.60. The number of fused-ring (bicyclic) bond motifs is 1. The molecule has 0 aromatic heterocycles. The van der Waals surface area contributed by atoms with Crippen molar-refractivity contribution in [1.82, 2.24) is 14.7 Å². The maximum absolute atomic E-state index is 13.5. The van der Waals surface area contributed by atoms with Crippen molar-refractivity contribution < 1.29 is 23.8 Å². The molecule has 2 aromatic rings. The van der Waals surface area contributed by atoms with E-state index < -0.39 is 12.0 Å². The summed E-state index contributed by atoms with van der Waals surface area (Å²) in [5.74, 6) is 0.963. The van der Waals surface area contributed by atoms with Gasteiger partial charge in [0.05, 0.1) is 30.3 Å². The maximum atomic E-state index is 13.5. The summed E-state index contributed by atoms with van der Waals surface area (Å²) < 4.78 is 16.8. The van der Waals surface area contributed by atoms with Gasteiger partial charge in [-0.3, -0.25) is 4.79 Å². The second-order valence-electron chi connectivity index (χ2n) is 9.87. The topological polar surface area (TPSA) is 83.9 Å². The molecule has 2 aromatic carbocycles. The van der Waals surface area contributed by atoms with Gasteiger partial charge in [0.2, 0.25) is 5.91 Å². The number of amides is 1. The van der Waals surface area contributed by atoms with Crippen LogP contribution in [0.3, 0.4) is 0 Å². The lowest BCUT2D eigenvalue weighted by Crippen LogP contribution is -2.47. The number of carbonyl (C=O) groups excluding carboxylic acids is 2. The number of para-hydroxylation sites is 1. The third-order valence-electron chi connectivity index (χ3n) is 7.08.